The lowest BCUT2D eigenvalue weighted by molar-refractivity contribution is 0.148. The number of fused-ring (bicyclic) bond motifs is 1. The molecule has 2 aliphatic rings. The zero-order valence-corrected chi connectivity index (χ0v) is 9.92. The molecular formula is C13H15F2NO2. The van der Waals surface area contributed by atoms with E-state index >= 15 is 0 Å². The molecule has 0 aromatic heterocycles. The van der Waals surface area contributed by atoms with Crippen LogP contribution in [0.1, 0.15) is 36.3 Å². The Kier molecular flexibility index (Phi) is 3.07. The summed E-state index contributed by atoms with van der Waals surface area (Å²) in [6, 6.07) is 3.15. The number of rotatable bonds is 2. The van der Waals surface area contributed by atoms with E-state index in [1.165, 1.54) is 6.07 Å². The fourth-order valence-electron chi connectivity index (χ4n) is 2.63. The molecule has 1 aromatic rings. The van der Waals surface area contributed by atoms with Gasteiger partial charge in [-0.2, -0.15) is 0 Å². The van der Waals surface area contributed by atoms with E-state index in [2.05, 4.69) is 5.32 Å². The van der Waals surface area contributed by atoms with Crippen LogP contribution in [0.15, 0.2) is 12.1 Å². The highest BCUT2D eigenvalue weighted by atomic mass is 19.3. The molecule has 0 radical (unpaired) electrons. The number of piperidine rings is 1. The third-order valence-corrected chi connectivity index (χ3v) is 3.55. The highest BCUT2D eigenvalue weighted by Crippen LogP contribution is 2.41. The van der Waals surface area contributed by atoms with Gasteiger partial charge in [-0.1, -0.05) is 0 Å². The van der Waals surface area contributed by atoms with Gasteiger partial charge in [0.05, 0.1) is 0 Å². The molecular weight excluding hydrogens is 240 g/mol. The first kappa shape index (κ1) is 11.7. The number of hydrogen-bond acceptors (Lipinski definition) is 3. The normalized spacial score (nSPS) is 22.5. The summed E-state index contributed by atoms with van der Waals surface area (Å²) < 4.78 is 36.7. The molecule has 0 bridgehead atoms. The fraction of sp³-hybridized carbons (Fsp3) is 0.538. The number of hydrogen-bond donors (Lipinski definition) is 1. The van der Waals surface area contributed by atoms with E-state index in [1.54, 1.807) is 6.07 Å². The molecule has 1 N–H and O–H groups in total. The lowest BCUT2D eigenvalue weighted by Gasteiger charge is -2.25. The molecule has 3 nitrogen and oxygen atoms in total. The Hall–Kier alpha value is -1.36. The van der Waals surface area contributed by atoms with E-state index in [-0.39, 0.29) is 18.3 Å². The summed E-state index contributed by atoms with van der Waals surface area (Å²) in [5.41, 5.74) is 0.773. The summed E-state index contributed by atoms with van der Waals surface area (Å²) in [6.07, 6.45) is -0.523. The largest absolute Gasteiger partial charge is 0.454 e. The van der Waals surface area contributed by atoms with Crippen LogP contribution >= 0.6 is 0 Å². The van der Waals surface area contributed by atoms with Crippen LogP contribution in [0.4, 0.5) is 8.78 Å². The summed E-state index contributed by atoms with van der Waals surface area (Å²) in [4.78, 5) is 0. The second-order valence-electron chi connectivity index (χ2n) is 4.68. The maximum absolute atomic E-state index is 13.1. The molecule has 0 spiro atoms. The summed E-state index contributed by atoms with van der Waals surface area (Å²) >= 11 is 0. The van der Waals surface area contributed by atoms with Crippen molar-refractivity contribution in [1.82, 2.24) is 5.32 Å². The molecule has 2 aliphatic heterocycles. The van der Waals surface area contributed by atoms with Gasteiger partial charge < -0.3 is 14.8 Å². The molecule has 0 aliphatic carbocycles. The van der Waals surface area contributed by atoms with Gasteiger partial charge in [0.1, 0.15) is 0 Å². The molecule has 0 saturated carbocycles. The summed E-state index contributed by atoms with van der Waals surface area (Å²) in [5, 5.41) is 3.25. The van der Waals surface area contributed by atoms with Crippen molar-refractivity contribution in [3.8, 4) is 11.5 Å². The van der Waals surface area contributed by atoms with Crippen LogP contribution in [0.2, 0.25) is 0 Å². The van der Waals surface area contributed by atoms with Crippen LogP contribution in [-0.4, -0.2) is 19.9 Å². The number of benzene rings is 1. The quantitative estimate of drug-likeness (QED) is 0.881. The van der Waals surface area contributed by atoms with Crippen molar-refractivity contribution < 1.29 is 18.3 Å². The Balaban J connectivity index is 2.00. The van der Waals surface area contributed by atoms with Crippen LogP contribution in [0.25, 0.3) is 0 Å². The Morgan fingerprint density at radius 3 is 2.67 bits per heavy atom. The smallest absolute Gasteiger partial charge is 0.264 e. The van der Waals surface area contributed by atoms with E-state index in [0.717, 1.165) is 25.9 Å². The van der Waals surface area contributed by atoms with E-state index < -0.39 is 6.43 Å². The Morgan fingerprint density at radius 1 is 1.22 bits per heavy atom. The molecule has 3 rings (SSSR count). The van der Waals surface area contributed by atoms with Crippen LogP contribution in [-0.2, 0) is 0 Å². The number of nitrogens with one attached hydrogen (secondary N) is 1. The van der Waals surface area contributed by atoms with Crippen molar-refractivity contribution in [3.63, 3.8) is 0 Å². The van der Waals surface area contributed by atoms with Gasteiger partial charge in [0.2, 0.25) is 6.79 Å². The average molecular weight is 255 g/mol. The second kappa shape index (κ2) is 4.72. The van der Waals surface area contributed by atoms with Crippen molar-refractivity contribution in [2.45, 2.75) is 25.2 Å². The lowest BCUT2D eigenvalue weighted by Crippen LogP contribution is -2.28. The zero-order valence-electron chi connectivity index (χ0n) is 9.92. The average Bonchev–Trinajstić information content (AvgIpc) is 2.85. The molecule has 2 heterocycles. The first-order valence-corrected chi connectivity index (χ1v) is 6.18. The van der Waals surface area contributed by atoms with Crippen molar-refractivity contribution in [2.75, 3.05) is 19.9 Å². The Labute approximate surface area is 104 Å². The maximum Gasteiger partial charge on any atom is 0.264 e. The SMILES string of the molecule is FC(F)c1cc2c(cc1C1CCCNC1)OCO2. The molecule has 1 fully saturated rings. The van der Waals surface area contributed by atoms with Gasteiger partial charge in [0.15, 0.2) is 11.5 Å². The van der Waals surface area contributed by atoms with Crippen LogP contribution in [0.5, 0.6) is 11.5 Å². The number of alkyl halides is 2. The second-order valence-corrected chi connectivity index (χ2v) is 4.68. The van der Waals surface area contributed by atoms with Crippen molar-refractivity contribution in [1.29, 1.82) is 0 Å². The molecule has 98 valence electrons. The predicted molar refractivity (Wildman–Crippen MR) is 62.4 cm³/mol. The molecule has 1 saturated heterocycles. The molecule has 1 unspecified atom stereocenters. The van der Waals surface area contributed by atoms with Crippen molar-refractivity contribution in [2.24, 2.45) is 0 Å². The minimum Gasteiger partial charge on any atom is -0.454 e. The van der Waals surface area contributed by atoms with Gasteiger partial charge >= 0.3 is 0 Å². The zero-order chi connectivity index (χ0) is 12.5. The molecule has 1 aromatic carbocycles. The number of ether oxygens (including phenoxy) is 2. The summed E-state index contributed by atoms with van der Waals surface area (Å²) in [6.45, 7) is 1.83. The summed E-state index contributed by atoms with van der Waals surface area (Å²) in [5.74, 6) is 1.15. The van der Waals surface area contributed by atoms with Gasteiger partial charge in [-0.15, -0.1) is 0 Å². The Bertz CT molecular complexity index is 445. The van der Waals surface area contributed by atoms with Gasteiger partial charge in [-0.05, 0) is 43.0 Å². The fourth-order valence-corrected chi connectivity index (χ4v) is 2.63. The lowest BCUT2D eigenvalue weighted by atomic mass is 9.88. The molecule has 0 amide bonds. The topological polar surface area (TPSA) is 30.5 Å². The maximum atomic E-state index is 13.1. The van der Waals surface area contributed by atoms with Crippen LogP contribution in [0.3, 0.4) is 0 Å². The van der Waals surface area contributed by atoms with Gasteiger partial charge in [0.25, 0.3) is 6.43 Å². The third kappa shape index (κ3) is 2.03. The number of halogens is 2. The standard InChI is InChI=1S/C13H15F2NO2/c14-13(15)10-5-12-11(17-7-18-12)4-9(10)8-2-1-3-16-6-8/h4-5,8,13,16H,1-3,6-7H2. The molecule has 18 heavy (non-hydrogen) atoms. The predicted octanol–water partition coefficient (Wildman–Crippen LogP) is 2.82. The van der Waals surface area contributed by atoms with Gasteiger partial charge in [-0.3, -0.25) is 0 Å². The Morgan fingerprint density at radius 2 is 2.00 bits per heavy atom. The van der Waals surface area contributed by atoms with Crippen LogP contribution < -0.4 is 14.8 Å². The first-order valence-electron chi connectivity index (χ1n) is 6.18. The highest BCUT2D eigenvalue weighted by molar-refractivity contribution is 5.50. The van der Waals surface area contributed by atoms with E-state index in [4.69, 9.17) is 9.47 Å². The summed E-state index contributed by atoms with van der Waals surface area (Å²) in [7, 11) is 0. The van der Waals surface area contributed by atoms with Gasteiger partial charge in [-0.25, -0.2) is 8.78 Å². The minimum absolute atomic E-state index is 0.0768. The third-order valence-electron chi connectivity index (χ3n) is 3.55. The van der Waals surface area contributed by atoms with Crippen molar-refractivity contribution in [3.05, 3.63) is 23.3 Å². The monoisotopic (exact) mass is 255 g/mol. The molecule has 5 heteroatoms. The first-order chi connectivity index (χ1) is 8.75. The van der Waals surface area contributed by atoms with Crippen LogP contribution in [0, 0.1) is 0 Å². The van der Waals surface area contributed by atoms with Gasteiger partial charge in [0, 0.05) is 12.1 Å². The van der Waals surface area contributed by atoms with Crippen molar-refractivity contribution >= 4 is 0 Å². The van der Waals surface area contributed by atoms with E-state index in [0.29, 0.717) is 17.1 Å². The van der Waals surface area contributed by atoms with E-state index in [9.17, 15) is 8.78 Å². The van der Waals surface area contributed by atoms with E-state index in [1.807, 2.05) is 0 Å². The molecule has 1 atom stereocenters. The minimum atomic E-state index is -2.48. The highest BCUT2D eigenvalue weighted by Gasteiger charge is 2.26.